The molecule has 3 aromatic rings. The first-order chi connectivity index (χ1) is 12.7. The standard InChI is InChI=1S/C19H21N3O2S2/c1-3-18-21-15(12-25-18)10-20-17(23)9-14-11-26-19(22-14)13-5-7-16(8-6-13)24-4-2/h5-8,11-12H,3-4,9-10H2,1-2H3,(H,20,23). The summed E-state index contributed by atoms with van der Waals surface area (Å²) in [6.07, 6.45) is 1.20. The quantitative estimate of drug-likeness (QED) is 0.632. The lowest BCUT2D eigenvalue weighted by atomic mass is 10.2. The molecule has 1 amide bonds. The molecule has 0 bridgehead atoms. The lowest BCUT2D eigenvalue weighted by Crippen LogP contribution is -2.24. The van der Waals surface area contributed by atoms with Crippen LogP contribution in [-0.2, 0) is 24.2 Å². The van der Waals surface area contributed by atoms with Gasteiger partial charge in [0.15, 0.2) is 0 Å². The summed E-state index contributed by atoms with van der Waals surface area (Å²) < 4.78 is 5.45. The molecule has 3 rings (SSSR count). The Kier molecular flexibility index (Phi) is 6.35. The zero-order valence-electron chi connectivity index (χ0n) is 14.8. The van der Waals surface area contributed by atoms with E-state index in [1.807, 2.05) is 41.9 Å². The highest BCUT2D eigenvalue weighted by Gasteiger charge is 2.10. The normalized spacial score (nSPS) is 10.7. The van der Waals surface area contributed by atoms with Gasteiger partial charge in [0.1, 0.15) is 10.8 Å². The molecule has 0 saturated carbocycles. The van der Waals surface area contributed by atoms with Crippen LogP contribution in [0.2, 0.25) is 0 Å². The van der Waals surface area contributed by atoms with Crippen molar-refractivity contribution in [2.75, 3.05) is 6.61 Å². The van der Waals surface area contributed by atoms with Gasteiger partial charge in [-0.3, -0.25) is 4.79 Å². The number of aryl methyl sites for hydroxylation is 1. The second-order valence-corrected chi connectivity index (χ2v) is 7.44. The van der Waals surface area contributed by atoms with Gasteiger partial charge >= 0.3 is 0 Å². The highest BCUT2D eigenvalue weighted by molar-refractivity contribution is 7.13. The number of amides is 1. The van der Waals surface area contributed by atoms with Gasteiger partial charge in [-0.1, -0.05) is 6.92 Å². The fourth-order valence-electron chi connectivity index (χ4n) is 2.39. The van der Waals surface area contributed by atoms with Gasteiger partial charge in [-0.25, -0.2) is 9.97 Å². The third kappa shape index (κ3) is 4.89. The van der Waals surface area contributed by atoms with Crippen molar-refractivity contribution in [3.8, 4) is 16.3 Å². The fourth-order valence-corrected chi connectivity index (χ4v) is 3.96. The fraction of sp³-hybridized carbons (Fsp3) is 0.316. The van der Waals surface area contributed by atoms with E-state index in [-0.39, 0.29) is 12.3 Å². The lowest BCUT2D eigenvalue weighted by molar-refractivity contribution is -0.120. The summed E-state index contributed by atoms with van der Waals surface area (Å²) in [6.45, 7) is 5.15. The van der Waals surface area contributed by atoms with Gasteiger partial charge in [0.25, 0.3) is 0 Å². The van der Waals surface area contributed by atoms with Gasteiger partial charge in [0.2, 0.25) is 5.91 Å². The average molecular weight is 388 g/mol. The molecule has 7 heteroatoms. The largest absolute Gasteiger partial charge is 0.494 e. The Hall–Kier alpha value is -2.25. The van der Waals surface area contributed by atoms with E-state index in [4.69, 9.17) is 4.74 Å². The van der Waals surface area contributed by atoms with E-state index >= 15 is 0 Å². The van der Waals surface area contributed by atoms with Crippen LogP contribution in [0.5, 0.6) is 5.75 Å². The van der Waals surface area contributed by atoms with Crippen LogP contribution in [0, 0.1) is 0 Å². The maximum Gasteiger partial charge on any atom is 0.226 e. The zero-order valence-corrected chi connectivity index (χ0v) is 16.5. The molecule has 0 aliphatic heterocycles. The van der Waals surface area contributed by atoms with Crippen molar-refractivity contribution in [3.05, 3.63) is 51.4 Å². The zero-order chi connectivity index (χ0) is 18.4. The van der Waals surface area contributed by atoms with E-state index in [0.717, 1.165) is 39.1 Å². The summed E-state index contributed by atoms with van der Waals surface area (Å²) >= 11 is 3.17. The Balaban J connectivity index is 1.54. The predicted molar refractivity (Wildman–Crippen MR) is 106 cm³/mol. The second-order valence-electron chi connectivity index (χ2n) is 5.64. The average Bonchev–Trinajstić information content (AvgIpc) is 3.30. The molecule has 0 unspecified atom stereocenters. The smallest absolute Gasteiger partial charge is 0.226 e. The number of carbonyl (C=O) groups is 1. The van der Waals surface area contributed by atoms with Gasteiger partial charge < -0.3 is 10.1 Å². The van der Waals surface area contributed by atoms with Crippen molar-refractivity contribution in [1.82, 2.24) is 15.3 Å². The molecule has 0 fully saturated rings. The third-order valence-corrected chi connectivity index (χ3v) is 5.66. The van der Waals surface area contributed by atoms with E-state index < -0.39 is 0 Å². The van der Waals surface area contributed by atoms with Crippen molar-refractivity contribution in [1.29, 1.82) is 0 Å². The van der Waals surface area contributed by atoms with Crippen LogP contribution < -0.4 is 10.1 Å². The number of hydrogen-bond acceptors (Lipinski definition) is 6. The number of nitrogens with one attached hydrogen (secondary N) is 1. The monoisotopic (exact) mass is 387 g/mol. The molecule has 0 spiro atoms. The molecule has 0 atom stereocenters. The highest BCUT2D eigenvalue weighted by atomic mass is 32.1. The first-order valence-corrected chi connectivity index (χ1v) is 10.3. The summed E-state index contributed by atoms with van der Waals surface area (Å²) in [5.74, 6) is 0.806. The highest BCUT2D eigenvalue weighted by Crippen LogP contribution is 2.26. The number of carbonyl (C=O) groups excluding carboxylic acids is 1. The van der Waals surface area contributed by atoms with E-state index in [9.17, 15) is 4.79 Å². The van der Waals surface area contributed by atoms with Crippen molar-refractivity contribution < 1.29 is 9.53 Å². The molecule has 136 valence electrons. The van der Waals surface area contributed by atoms with Crippen LogP contribution in [0.3, 0.4) is 0 Å². The van der Waals surface area contributed by atoms with Crippen molar-refractivity contribution in [2.24, 2.45) is 0 Å². The molecule has 2 heterocycles. The van der Waals surface area contributed by atoms with Crippen LogP contribution in [0.1, 0.15) is 30.2 Å². The van der Waals surface area contributed by atoms with Crippen LogP contribution in [0.4, 0.5) is 0 Å². The summed E-state index contributed by atoms with van der Waals surface area (Å²) in [6, 6.07) is 7.85. The topological polar surface area (TPSA) is 64.1 Å². The minimum atomic E-state index is -0.0420. The summed E-state index contributed by atoms with van der Waals surface area (Å²) in [4.78, 5) is 21.2. The van der Waals surface area contributed by atoms with Crippen molar-refractivity contribution in [3.63, 3.8) is 0 Å². The number of nitrogens with zero attached hydrogens (tertiary/aromatic N) is 2. The molecule has 5 nitrogen and oxygen atoms in total. The molecule has 1 aromatic carbocycles. The number of aromatic nitrogens is 2. The van der Waals surface area contributed by atoms with Crippen molar-refractivity contribution in [2.45, 2.75) is 33.2 Å². The second kappa shape index (κ2) is 8.91. The molecule has 2 aromatic heterocycles. The predicted octanol–water partition coefficient (Wildman–Crippen LogP) is 4.09. The summed E-state index contributed by atoms with van der Waals surface area (Å²) in [7, 11) is 0. The Bertz CT molecular complexity index is 856. The van der Waals surface area contributed by atoms with Crippen LogP contribution in [0.15, 0.2) is 35.0 Å². The molecule has 26 heavy (non-hydrogen) atoms. The van der Waals surface area contributed by atoms with E-state index in [0.29, 0.717) is 13.2 Å². The lowest BCUT2D eigenvalue weighted by Gasteiger charge is -2.03. The molecular weight excluding hydrogens is 366 g/mol. The SMILES string of the molecule is CCOc1ccc(-c2nc(CC(=O)NCc3csc(CC)n3)cs2)cc1. The van der Waals surface area contributed by atoms with Crippen LogP contribution in [0.25, 0.3) is 10.6 Å². The van der Waals surface area contributed by atoms with Gasteiger partial charge in [-0.05, 0) is 37.6 Å². The maximum absolute atomic E-state index is 12.1. The summed E-state index contributed by atoms with van der Waals surface area (Å²) in [5.41, 5.74) is 2.72. The first kappa shape index (κ1) is 18.5. The van der Waals surface area contributed by atoms with Crippen LogP contribution >= 0.6 is 22.7 Å². The Morgan fingerprint density at radius 1 is 1.08 bits per heavy atom. The van der Waals surface area contributed by atoms with Crippen LogP contribution in [-0.4, -0.2) is 22.5 Å². The van der Waals surface area contributed by atoms with Gasteiger partial charge in [0, 0.05) is 16.3 Å². The number of rotatable bonds is 8. The molecular formula is C19H21N3O2S2. The Morgan fingerprint density at radius 2 is 1.85 bits per heavy atom. The maximum atomic E-state index is 12.1. The molecule has 0 saturated heterocycles. The summed E-state index contributed by atoms with van der Waals surface area (Å²) in [5, 5.41) is 8.83. The minimum absolute atomic E-state index is 0.0420. The van der Waals surface area contributed by atoms with Gasteiger partial charge in [-0.2, -0.15) is 0 Å². The number of benzene rings is 1. The van der Waals surface area contributed by atoms with E-state index in [1.165, 1.54) is 0 Å². The van der Waals surface area contributed by atoms with Crippen molar-refractivity contribution >= 4 is 28.6 Å². The first-order valence-electron chi connectivity index (χ1n) is 8.55. The third-order valence-electron chi connectivity index (χ3n) is 3.67. The number of hydrogen-bond donors (Lipinski definition) is 1. The number of ether oxygens (including phenoxy) is 1. The number of thiazole rings is 2. The van der Waals surface area contributed by atoms with Gasteiger partial charge in [-0.15, -0.1) is 22.7 Å². The van der Waals surface area contributed by atoms with Gasteiger partial charge in [0.05, 0.1) is 36.0 Å². The molecule has 0 radical (unpaired) electrons. The minimum Gasteiger partial charge on any atom is -0.494 e. The molecule has 1 N–H and O–H groups in total. The molecule has 0 aliphatic rings. The Labute approximate surface area is 161 Å². The van der Waals surface area contributed by atoms with E-state index in [1.54, 1.807) is 22.7 Å². The molecule has 0 aliphatic carbocycles. The Morgan fingerprint density at radius 3 is 2.54 bits per heavy atom. The van der Waals surface area contributed by atoms with E-state index in [2.05, 4.69) is 22.2 Å².